The number of Topliss-reactive ketones (excluding diaryl/α,β-unsaturated/α-hetero) is 1. The number of carbonyl (C=O) groups excluding carboxylic acids is 2. The normalized spacial score (nSPS) is 10.7. The first-order valence-corrected chi connectivity index (χ1v) is 12.1. The van der Waals surface area contributed by atoms with Crippen LogP contribution in [0.3, 0.4) is 0 Å². The minimum Gasteiger partial charge on any atom is -0.497 e. The monoisotopic (exact) mass is 497 g/mol. The van der Waals surface area contributed by atoms with Crippen molar-refractivity contribution in [2.75, 3.05) is 14.2 Å². The van der Waals surface area contributed by atoms with Crippen LogP contribution >= 0.6 is 0 Å². The van der Waals surface area contributed by atoms with Crippen molar-refractivity contribution >= 4 is 11.7 Å². The number of aromatic nitrogens is 2. The second-order valence-corrected chi connectivity index (χ2v) is 8.85. The Hall–Kier alpha value is -4.39. The molecule has 190 valence electrons. The number of nitrogens with one attached hydrogen (secondary N) is 1. The van der Waals surface area contributed by atoms with Crippen molar-refractivity contribution in [3.05, 3.63) is 112 Å². The van der Waals surface area contributed by atoms with Crippen LogP contribution in [-0.2, 0) is 19.6 Å². The Kier molecular flexibility index (Phi) is 8.03. The van der Waals surface area contributed by atoms with E-state index in [0.717, 1.165) is 39.6 Å². The zero-order valence-electron chi connectivity index (χ0n) is 21.6. The molecule has 4 aromatic rings. The molecule has 0 aliphatic rings. The highest BCUT2D eigenvalue weighted by Gasteiger charge is 2.17. The zero-order valence-corrected chi connectivity index (χ0v) is 21.6. The van der Waals surface area contributed by atoms with Gasteiger partial charge >= 0.3 is 0 Å². The molecule has 0 unspecified atom stereocenters. The predicted molar refractivity (Wildman–Crippen MR) is 142 cm³/mol. The van der Waals surface area contributed by atoms with Gasteiger partial charge < -0.3 is 14.8 Å². The van der Waals surface area contributed by atoms with Crippen LogP contribution in [0.5, 0.6) is 11.5 Å². The molecule has 0 fully saturated rings. The summed E-state index contributed by atoms with van der Waals surface area (Å²) in [4.78, 5) is 25.0. The molecule has 0 spiro atoms. The molecule has 0 saturated heterocycles. The predicted octanol–water partition coefficient (Wildman–Crippen LogP) is 4.92. The Morgan fingerprint density at radius 1 is 0.892 bits per heavy atom. The number of benzene rings is 3. The second kappa shape index (κ2) is 11.6. The van der Waals surface area contributed by atoms with Gasteiger partial charge in [-0.25, -0.2) is 0 Å². The smallest absolute Gasteiger partial charge is 0.251 e. The molecule has 0 saturated carbocycles. The van der Waals surface area contributed by atoms with E-state index < -0.39 is 0 Å². The molecule has 1 N–H and O–H groups in total. The molecule has 0 bridgehead atoms. The number of ether oxygens (including phenoxy) is 2. The van der Waals surface area contributed by atoms with Gasteiger partial charge in [0.1, 0.15) is 18.1 Å². The summed E-state index contributed by atoms with van der Waals surface area (Å²) < 4.78 is 13.0. The average Bonchev–Trinajstić information content (AvgIpc) is 3.19. The quantitative estimate of drug-likeness (QED) is 0.315. The average molecular weight is 498 g/mol. The molecular formula is C30H31N3O4. The zero-order chi connectivity index (χ0) is 26.4. The fourth-order valence-corrected chi connectivity index (χ4v) is 4.18. The van der Waals surface area contributed by atoms with Crippen molar-refractivity contribution in [1.29, 1.82) is 0 Å². The van der Waals surface area contributed by atoms with Crippen LogP contribution in [0.4, 0.5) is 0 Å². The van der Waals surface area contributed by atoms with E-state index in [9.17, 15) is 9.59 Å². The molecule has 0 aliphatic heterocycles. The Morgan fingerprint density at radius 3 is 2.35 bits per heavy atom. The van der Waals surface area contributed by atoms with Crippen molar-refractivity contribution in [3.63, 3.8) is 0 Å². The lowest BCUT2D eigenvalue weighted by Gasteiger charge is -2.09. The van der Waals surface area contributed by atoms with Crippen molar-refractivity contribution in [1.82, 2.24) is 15.1 Å². The maximum Gasteiger partial charge on any atom is 0.251 e. The number of rotatable bonds is 10. The standard InChI is InChI=1S/C30H31N3O4/c1-20-28(21(2)33(32-20)18-23-7-5-8-25(15-23)30(35)31-3)17-29(34)24-13-11-22(12-14-24)19-37-27-10-6-9-26(16-27)36-4/h5-16H,17-19H2,1-4H3,(H,31,35). The molecule has 0 atom stereocenters. The van der Waals surface area contributed by atoms with Gasteiger partial charge in [0.05, 0.1) is 19.3 Å². The summed E-state index contributed by atoms with van der Waals surface area (Å²) in [6.45, 7) is 4.82. The number of hydrogen-bond acceptors (Lipinski definition) is 5. The maximum absolute atomic E-state index is 13.1. The second-order valence-electron chi connectivity index (χ2n) is 8.85. The number of carbonyl (C=O) groups is 2. The number of nitrogens with zero attached hydrogens (tertiary/aromatic N) is 2. The number of aryl methyl sites for hydroxylation is 1. The highest BCUT2D eigenvalue weighted by Crippen LogP contribution is 2.21. The third-order valence-electron chi connectivity index (χ3n) is 6.34. The minimum atomic E-state index is -0.126. The van der Waals surface area contributed by atoms with E-state index in [2.05, 4.69) is 10.4 Å². The van der Waals surface area contributed by atoms with Crippen LogP contribution in [0, 0.1) is 13.8 Å². The van der Waals surface area contributed by atoms with E-state index in [-0.39, 0.29) is 18.1 Å². The van der Waals surface area contributed by atoms with Crippen molar-refractivity contribution < 1.29 is 19.1 Å². The highest BCUT2D eigenvalue weighted by atomic mass is 16.5. The first-order valence-electron chi connectivity index (χ1n) is 12.1. The van der Waals surface area contributed by atoms with Crippen LogP contribution in [0.1, 0.15) is 48.8 Å². The topological polar surface area (TPSA) is 82.5 Å². The molecule has 1 amide bonds. The van der Waals surface area contributed by atoms with Crippen LogP contribution in [0.25, 0.3) is 0 Å². The summed E-state index contributed by atoms with van der Waals surface area (Å²) in [5.41, 5.74) is 5.90. The number of hydrogen-bond donors (Lipinski definition) is 1. The van der Waals surface area contributed by atoms with Gasteiger partial charge in [0.2, 0.25) is 0 Å². The summed E-state index contributed by atoms with van der Waals surface area (Å²) in [5.74, 6) is 1.37. The third kappa shape index (κ3) is 6.25. The van der Waals surface area contributed by atoms with E-state index >= 15 is 0 Å². The van der Waals surface area contributed by atoms with Crippen molar-refractivity contribution in [2.45, 2.75) is 33.4 Å². The summed E-state index contributed by atoms with van der Waals surface area (Å²) in [6.07, 6.45) is 0.273. The van der Waals surface area contributed by atoms with E-state index in [1.54, 1.807) is 20.2 Å². The van der Waals surface area contributed by atoms with E-state index in [1.807, 2.05) is 85.3 Å². The fourth-order valence-electron chi connectivity index (χ4n) is 4.18. The van der Waals surface area contributed by atoms with Gasteiger partial charge in [-0.15, -0.1) is 0 Å². The van der Waals surface area contributed by atoms with E-state index in [1.165, 1.54) is 0 Å². The van der Waals surface area contributed by atoms with Gasteiger partial charge in [-0.3, -0.25) is 14.3 Å². The summed E-state index contributed by atoms with van der Waals surface area (Å²) in [5, 5.41) is 7.31. The molecule has 0 aliphatic carbocycles. The summed E-state index contributed by atoms with van der Waals surface area (Å²) in [7, 11) is 3.24. The van der Waals surface area contributed by atoms with Crippen LogP contribution in [0.15, 0.2) is 72.8 Å². The Bertz CT molecular complexity index is 1410. The Labute approximate surface area is 217 Å². The van der Waals surface area contributed by atoms with Gasteiger partial charge in [-0.2, -0.15) is 5.10 Å². The van der Waals surface area contributed by atoms with E-state index in [4.69, 9.17) is 9.47 Å². The first-order chi connectivity index (χ1) is 17.9. The fraction of sp³-hybridized carbons (Fsp3) is 0.233. The lowest BCUT2D eigenvalue weighted by molar-refractivity contribution is 0.0961. The molecule has 7 heteroatoms. The molecule has 4 rings (SSSR count). The first kappa shape index (κ1) is 25.7. The Morgan fingerprint density at radius 2 is 1.62 bits per heavy atom. The van der Waals surface area contributed by atoms with E-state index in [0.29, 0.717) is 24.3 Å². The molecule has 0 radical (unpaired) electrons. The molecule has 37 heavy (non-hydrogen) atoms. The van der Waals surface area contributed by atoms with Gasteiger partial charge in [-0.1, -0.05) is 42.5 Å². The van der Waals surface area contributed by atoms with Crippen LogP contribution < -0.4 is 14.8 Å². The van der Waals surface area contributed by atoms with Gasteiger partial charge in [0.15, 0.2) is 5.78 Å². The van der Waals surface area contributed by atoms with Gasteiger partial charge in [0.25, 0.3) is 5.91 Å². The molecular weight excluding hydrogens is 466 g/mol. The van der Waals surface area contributed by atoms with Gasteiger partial charge in [-0.05, 0) is 49.2 Å². The summed E-state index contributed by atoms with van der Waals surface area (Å²) >= 11 is 0. The highest BCUT2D eigenvalue weighted by molar-refractivity contribution is 5.97. The molecule has 3 aromatic carbocycles. The maximum atomic E-state index is 13.1. The van der Waals surface area contributed by atoms with Crippen LogP contribution in [0.2, 0.25) is 0 Å². The van der Waals surface area contributed by atoms with Crippen LogP contribution in [-0.4, -0.2) is 35.6 Å². The minimum absolute atomic E-state index is 0.0348. The van der Waals surface area contributed by atoms with Gasteiger partial charge in [0, 0.05) is 41.9 Å². The third-order valence-corrected chi connectivity index (χ3v) is 6.34. The Balaban J connectivity index is 1.40. The summed E-state index contributed by atoms with van der Waals surface area (Å²) in [6, 6.07) is 22.4. The number of ketones is 1. The molecule has 1 heterocycles. The van der Waals surface area contributed by atoms with Crippen molar-refractivity contribution in [3.8, 4) is 11.5 Å². The molecule has 7 nitrogen and oxygen atoms in total. The lowest BCUT2D eigenvalue weighted by atomic mass is 10.0. The molecule has 1 aromatic heterocycles. The largest absolute Gasteiger partial charge is 0.497 e. The van der Waals surface area contributed by atoms with Crippen molar-refractivity contribution in [2.24, 2.45) is 0 Å². The SMILES string of the molecule is CNC(=O)c1cccc(Cn2nc(C)c(CC(=O)c3ccc(COc4cccc(OC)c4)cc3)c2C)c1. The number of methoxy groups -OCH3 is 1. The number of amides is 1. The lowest BCUT2D eigenvalue weighted by Crippen LogP contribution is -2.18.